The molecule has 0 amide bonds. The number of thiocarbonyl (C=S) groups is 1. The molecule has 0 aromatic heterocycles. The molecule has 1 heterocycles. The Labute approximate surface area is 132 Å². The number of nitrogens with zero attached hydrogens (tertiary/aromatic N) is 1. The summed E-state index contributed by atoms with van der Waals surface area (Å²) < 4.78 is 26.8. The fourth-order valence-electron chi connectivity index (χ4n) is 2.69. The van der Waals surface area contributed by atoms with Gasteiger partial charge in [0.15, 0.2) is 0 Å². The quantitative estimate of drug-likeness (QED) is 0.844. The Kier molecular flexibility index (Phi) is 5.35. The molecular formula is C15H22N2O2S2. The monoisotopic (exact) mass is 326 g/mol. The zero-order valence-electron chi connectivity index (χ0n) is 12.3. The van der Waals surface area contributed by atoms with E-state index < -0.39 is 10.0 Å². The molecule has 0 atom stereocenters. The number of hydrogen-bond donors (Lipinski definition) is 1. The molecule has 0 aliphatic carbocycles. The van der Waals surface area contributed by atoms with E-state index in [2.05, 4.69) is 6.92 Å². The van der Waals surface area contributed by atoms with Crippen LogP contribution in [0.15, 0.2) is 29.2 Å². The lowest BCUT2D eigenvalue weighted by Crippen LogP contribution is -2.38. The van der Waals surface area contributed by atoms with Gasteiger partial charge in [0.05, 0.1) is 9.88 Å². The minimum Gasteiger partial charge on any atom is -0.393 e. The molecule has 21 heavy (non-hydrogen) atoms. The van der Waals surface area contributed by atoms with Crippen LogP contribution in [-0.4, -0.2) is 30.8 Å². The third kappa shape index (κ3) is 4.02. The summed E-state index contributed by atoms with van der Waals surface area (Å²) in [6, 6.07) is 6.86. The smallest absolute Gasteiger partial charge is 0.243 e. The summed E-state index contributed by atoms with van der Waals surface area (Å²) in [7, 11) is -3.37. The summed E-state index contributed by atoms with van der Waals surface area (Å²) in [5.74, 6) is 0.657. The van der Waals surface area contributed by atoms with Gasteiger partial charge in [-0.25, -0.2) is 8.42 Å². The maximum atomic E-state index is 12.6. The Hall–Kier alpha value is -0.980. The van der Waals surface area contributed by atoms with Gasteiger partial charge in [0.25, 0.3) is 0 Å². The van der Waals surface area contributed by atoms with E-state index >= 15 is 0 Å². The number of rotatable bonds is 5. The second kappa shape index (κ2) is 6.85. The fraction of sp³-hybridized carbons (Fsp3) is 0.533. The number of benzene rings is 1. The number of piperidine rings is 1. The first-order chi connectivity index (χ1) is 9.93. The summed E-state index contributed by atoms with van der Waals surface area (Å²) in [5, 5.41) is 0. The van der Waals surface area contributed by atoms with Crippen molar-refractivity contribution in [3.63, 3.8) is 0 Å². The van der Waals surface area contributed by atoms with Crippen LogP contribution in [-0.2, 0) is 16.4 Å². The molecule has 1 aliphatic heterocycles. The zero-order valence-corrected chi connectivity index (χ0v) is 13.9. The molecule has 0 radical (unpaired) electrons. The fourth-order valence-corrected chi connectivity index (χ4v) is 4.32. The van der Waals surface area contributed by atoms with Gasteiger partial charge in [0.1, 0.15) is 0 Å². The highest BCUT2D eigenvalue weighted by molar-refractivity contribution is 7.89. The molecule has 4 nitrogen and oxygen atoms in total. The van der Waals surface area contributed by atoms with Crippen LogP contribution >= 0.6 is 12.2 Å². The first-order valence-corrected chi connectivity index (χ1v) is 9.15. The number of nitrogens with two attached hydrogens (primary N) is 1. The topological polar surface area (TPSA) is 63.4 Å². The van der Waals surface area contributed by atoms with E-state index in [1.807, 2.05) is 0 Å². The van der Waals surface area contributed by atoms with Gasteiger partial charge in [-0.2, -0.15) is 4.31 Å². The molecule has 1 aromatic rings. The third-order valence-corrected chi connectivity index (χ3v) is 6.15. The van der Waals surface area contributed by atoms with Gasteiger partial charge < -0.3 is 5.73 Å². The van der Waals surface area contributed by atoms with Crippen LogP contribution in [0.2, 0.25) is 0 Å². The molecule has 0 bridgehead atoms. The minimum absolute atomic E-state index is 0.351. The molecule has 0 unspecified atom stereocenters. The maximum Gasteiger partial charge on any atom is 0.243 e. The average Bonchev–Trinajstić information content (AvgIpc) is 2.47. The van der Waals surface area contributed by atoms with Crippen LogP contribution in [0.5, 0.6) is 0 Å². The van der Waals surface area contributed by atoms with Gasteiger partial charge in [-0.15, -0.1) is 0 Å². The molecule has 6 heteroatoms. The lowest BCUT2D eigenvalue weighted by molar-refractivity contribution is 0.269. The standard InChI is InChI=1S/C15H22N2O2S2/c1-2-12-7-9-17(10-8-12)21(18,19)14-5-3-13(4-6-14)11-15(16)20/h3-6,12H,2,7-11H2,1H3,(H2,16,20). The number of sulfonamides is 1. The van der Waals surface area contributed by atoms with Crippen LogP contribution in [0.1, 0.15) is 31.7 Å². The molecule has 116 valence electrons. The predicted octanol–water partition coefficient (Wildman–Crippen LogP) is 2.33. The van der Waals surface area contributed by atoms with Crippen molar-refractivity contribution in [1.29, 1.82) is 0 Å². The normalized spacial score (nSPS) is 17.8. The SMILES string of the molecule is CCC1CCN(S(=O)(=O)c2ccc(CC(N)=S)cc2)CC1. The molecule has 1 aromatic carbocycles. The zero-order chi connectivity index (χ0) is 15.5. The highest BCUT2D eigenvalue weighted by Gasteiger charge is 2.28. The van der Waals surface area contributed by atoms with E-state index in [1.54, 1.807) is 28.6 Å². The van der Waals surface area contributed by atoms with Gasteiger partial charge in [0, 0.05) is 19.5 Å². The first kappa shape index (κ1) is 16.4. The number of hydrogen-bond acceptors (Lipinski definition) is 3. The largest absolute Gasteiger partial charge is 0.393 e. The Balaban J connectivity index is 2.11. The van der Waals surface area contributed by atoms with Gasteiger partial charge >= 0.3 is 0 Å². The van der Waals surface area contributed by atoms with Crippen molar-refractivity contribution in [3.8, 4) is 0 Å². The van der Waals surface area contributed by atoms with Crippen molar-refractivity contribution in [2.24, 2.45) is 11.7 Å². The van der Waals surface area contributed by atoms with E-state index in [1.165, 1.54) is 0 Å². The van der Waals surface area contributed by atoms with E-state index in [0.29, 0.717) is 35.3 Å². The Bertz CT molecular complexity index is 589. The molecule has 0 spiro atoms. The van der Waals surface area contributed by atoms with E-state index in [4.69, 9.17) is 18.0 Å². The Morgan fingerprint density at radius 1 is 1.29 bits per heavy atom. The van der Waals surface area contributed by atoms with Gasteiger partial charge in [0.2, 0.25) is 10.0 Å². The van der Waals surface area contributed by atoms with Crippen LogP contribution in [0.4, 0.5) is 0 Å². The maximum absolute atomic E-state index is 12.6. The summed E-state index contributed by atoms with van der Waals surface area (Å²) in [6.45, 7) is 3.40. The van der Waals surface area contributed by atoms with Crippen LogP contribution in [0.25, 0.3) is 0 Å². The highest BCUT2D eigenvalue weighted by Crippen LogP contribution is 2.25. The molecule has 2 N–H and O–H groups in total. The molecule has 0 saturated carbocycles. The lowest BCUT2D eigenvalue weighted by atomic mass is 9.96. The lowest BCUT2D eigenvalue weighted by Gasteiger charge is -2.30. The molecular weight excluding hydrogens is 304 g/mol. The second-order valence-corrected chi connectivity index (χ2v) is 8.01. The van der Waals surface area contributed by atoms with Crippen molar-refractivity contribution >= 4 is 27.2 Å². The van der Waals surface area contributed by atoms with Gasteiger partial charge in [-0.3, -0.25) is 0 Å². The Morgan fingerprint density at radius 3 is 2.33 bits per heavy atom. The van der Waals surface area contributed by atoms with Gasteiger partial charge in [-0.1, -0.05) is 37.7 Å². The van der Waals surface area contributed by atoms with Crippen molar-refractivity contribution in [2.45, 2.75) is 37.5 Å². The van der Waals surface area contributed by atoms with Crippen molar-refractivity contribution in [2.75, 3.05) is 13.1 Å². The van der Waals surface area contributed by atoms with Crippen molar-refractivity contribution < 1.29 is 8.42 Å². The van der Waals surface area contributed by atoms with Gasteiger partial charge in [-0.05, 0) is 36.5 Å². The first-order valence-electron chi connectivity index (χ1n) is 7.31. The highest BCUT2D eigenvalue weighted by atomic mass is 32.2. The molecule has 2 rings (SSSR count). The summed E-state index contributed by atoms with van der Waals surface area (Å²) in [4.78, 5) is 0.761. The minimum atomic E-state index is -3.37. The van der Waals surface area contributed by atoms with E-state index in [9.17, 15) is 8.42 Å². The van der Waals surface area contributed by atoms with Crippen LogP contribution in [0, 0.1) is 5.92 Å². The van der Waals surface area contributed by atoms with E-state index in [-0.39, 0.29) is 0 Å². The molecule has 1 fully saturated rings. The van der Waals surface area contributed by atoms with E-state index in [0.717, 1.165) is 24.8 Å². The molecule has 1 saturated heterocycles. The van der Waals surface area contributed by atoms with Crippen molar-refractivity contribution in [3.05, 3.63) is 29.8 Å². The predicted molar refractivity (Wildman–Crippen MR) is 88.7 cm³/mol. The van der Waals surface area contributed by atoms with Crippen molar-refractivity contribution in [1.82, 2.24) is 4.31 Å². The molecule has 1 aliphatic rings. The van der Waals surface area contributed by atoms with Crippen LogP contribution < -0.4 is 5.73 Å². The second-order valence-electron chi connectivity index (χ2n) is 5.54. The summed E-state index contributed by atoms with van der Waals surface area (Å²) in [5.41, 5.74) is 6.43. The summed E-state index contributed by atoms with van der Waals surface area (Å²) >= 11 is 4.86. The Morgan fingerprint density at radius 2 is 1.86 bits per heavy atom. The third-order valence-electron chi connectivity index (χ3n) is 4.09. The average molecular weight is 326 g/mol. The summed E-state index contributed by atoms with van der Waals surface area (Å²) in [6.07, 6.45) is 3.53. The van der Waals surface area contributed by atoms with Crippen LogP contribution in [0.3, 0.4) is 0 Å².